The molecule has 10 heteroatoms. The summed E-state index contributed by atoms with van der Waals surface area (Å²) in [7, 11) is -2.29. The number of hydrogen-bond donors (Lipinski definition) is 1. The normalized spacial score (nSPS) is 12.1. The monoisotopic (exact) mass is 519 g/mol. The summed E-state index contributed by atoms with van der Waals surface area (Å²) in [6, 6.07) is 12.9. The number of rotatable bonds is 13. The summed E-state index contributed by atoms with van der Waals surface area (Å²) in [5, 5.41) is 2.87. The summed E-state index contributed by atoms with van der Waals surface area (Å²) in [5.74, 6) is 0.213. The molecule has 0 spiro atoms. The number of anilines is 1. The zero-order chi connectivity index (χ0) is 26.9. The zero-order valence-electron chi connectivity index (χ0n) is 21.9. The van der Waals surface area contributed by atoms with Crippen molar-refractivity contribution in [3.63, 3.8) is 0 Å². The van der Waals surface area contributed by atoms with Gasteiger partial charge in [-0.3, -0.25) is 13.9 Å². The van der Waals surface area contributed by atoms with Crippen molar-refractivity contribution in [3.8, 4) is 11.5 Å². The molecule has 0 fully saturated rings. The third-order valence-corrected chi connectivity index (χ3v) is 6.57. The largest absolute Gasteiger partial charge is 0.497 e. The Kier molecular flexibility index (Phi) is 10.6. The van der Waals surface area contributed by atoms with Crippen molar-refractivity contribution in [3.05, 3.63) is 54.1 Å². The lowest BCUT2D eigenvalue weighted by molar-refractivity contribution is -0.140. The summed E-state index contributed by atoms with van der Waals surface area (Å²) in [6.45, 7) is 7.27. The number of ether oxygens (including phenoxy) is 2. The molecular weight excluding hydrogens is 482 g/mol. The van der Waals surface area contributed by atoms with Crippen molar-refractivity contribution in [2.24, 2.45) is 0 Å². The third kappa shape index (κ3) is 7.87. The molecule has 0 aliphatic carbocycles. The van der Waals surface area contributed by atoms with Gasteiger partial charge in [-0.1, -0.05) is 31.2 Å². The minimum atomic E-state index is -3.85. The maximum atomic E-state index is 13.7. The fourth-order valence-electron chi connectivity index (χ4n) is 3.76. The summed E-state index contributed by atoms with van der Waals surface area (Å²) >= 11 is 0. The van der Waals surface area contributed by atoms with E-state index in [1.165, 1.54) is 4.90 Å². The highest BCUT2D eigenvalue weighted by molar-refractivity contribution is 7.92. The molecule has 36 heavy (non-hydrogen) atoms. The Morgan fingerprint density at radius 2 is 1.67 bits per heavy atom. The van der Waals surface area contributed by atoms with Gasteiger partial charge in [0.2, 0.25) is 21.8 Å². The van der Waals surface area contributed by atoms with Gasteiger partial charge in [-0.2, -0.15) is 0 Å². The van der Waals surface area contributed by atoms with Crippen LogP contribution in [0.2, 0.25) is 0 Å². The lowest BCUT2D eigenvalue weighted by atomic mass is 10.1. The van der Waals surface area contributed by atoms with Crippen LogP contribution >= 0.6 is 0 Å². The van der Waals surface area contributed by atoms with E-state index in [4.69, 9.17) is 9.47 Å². The van der Waals surface area contributed by atoms with Crippen LogP contribution in [-0.4, -0.2) is 63.7 Å². The van der Waals surface area contributed by atoms with Crippen LogP contribution in [0.4, 0.5) is 5.69 Å². The molecule has 2 aromatic rings. The molecule has 198 valence electrons. The highest BCUT2D eigenvalue weighted by atomic mass is 32.2. The van der Waals surface area contributed by atoms with E-state index in [-0.39, 0.29) is 24.2 Å². The molecule has 0 saturated heterocycles. The van der Waals surface area contributed by atoms with Gasteiger partial charge in [0.05, 0.1) is 25.7 Å². The zero-order valence-corrected chi connectivity index (χ0v) is 22.7. The first-order valence-corrected chi connectivity index (χ1v) is 13.8. The number of hydrogen-bond acceptors (Lipinski definition) is 6. The van der Waals surface area contributed by atoms with E-state index >= 15 is 0 Å². The van der Waals surface area contributed by atoms with E-state index < -0.39 is 28.5 Å². The minimum Gasteiger partial charge on any atom is -0.497 e. The van der Waals surface area contributed by atoms with Gasteiger partial charge in [0, 0.05) is 12.6 Å². The molecular formula is C26H37N3O6S. The predicted octanol–water partition coefficient (Wildman–Crippen LogP) is 3.19. The standard InChI is InChI=1S/C26H37N3O6S/c1-7-22(26(31)27-19(3)4)28(17-20-13-15-21(34-5)16-14-20)25(30)18-29(36(6,32)33)23-11-9-10-12-24(23)35-8-2/h9-16,19,22H,7-8,17-18H2,1-6H3,(H,27,31). The van der Waals surface area contributed by atoms with E-state index in [0.717, 1.165) is 16.1 Å². The molecule has 0 aromatic heterocycles. The third-order valence-electron chi connectivity index (χ3n) is 5.44. The van der Waals surface area contributed by atoms with Crippen molar-refractivity contribution >= 4 is 27.5 Å². The van der Waals surface area contributed by atoms with Gasteiger partial charge in [-0.15, -0.1) is 0 Å². The molecule has 2 amide bonds. The maximum absolute atomic E-state index is 13.7. The van der Waals surface area contributed by atoms with Crippen molar-refractivity contribution in [2.75, 3.05) is 30.8 Å². The van der Waals surface area contributed by atoms with Gasteiger partial charge in [-0.25, -0.2) is 8.42 Å². The van der Waals surface area contributed by atoms with Crippen LogP contribution in [0.3, 0.4) is 0 Å². The second kappa shape index (κ2) is 13.2. The van der Waals surface area contributed by atoms with E-state index in [2.05, 4.69) is 5.32 Å². The first kappa shape index (κ1) is 29.0. The SMILES string of the molecule is CCOc1ccccc1N(CC(=O)N(Cc1ccc(OC)cc1)C(CC)C(=O)NC(C)C)S(C)(=O)=O. The first-order chi connectivity index (χ1) is 17.0. The fourth-order valence-corrected chi connectivity index (χ4v) is 4.62. The van der Waals surface area contributed by atoms with E-state index in [1.807, 2.05) is 32.9 Å². The minimum absolute atomic E-state index is 0.116. The smallest absolute Gasteiger partial charge is 0.244 e. The van der Waals surface area contributed by atoms with E-state index in [0.29, 0.717) is 24.5 Å². The topological polar surface area (TPSA) is 105 Å². The second-order valence-electron chi connectivity index (χ2n) is 8.63. The number of carbonyl (C=O) groups is 2. The Bertz CT molecular complexity index is 1120. The van der Waals surface area contributed by atoms with Crippen LogP contribution < -0.4 is 19.1 Å². The number of benzene rings is 2. The van der Waals surface area contributed by atoms with Crippen LogP contribution in [0.15, 0.2) is 48.5 Å². The Morgan fingerprint density at radius 3 is 2.19 bits per heavy atom. The number of nitrogens with zero attached hydrogens (tertiary/aromatic N) is 2. The molecule has 0 aliphatic rings. The van der Waals surface area contributed by atoms with Crippen molar-refractivity contribution < 1.29 is 27.5 Å². The second-order valence-corrected chi connectivity index (χ2v) is 10.5. The number of nitrogens with one attached hydrogen (secondary N) is 1. The van der Waals surface area contributed by atoms with Crippen LogP contribution in [0.1, 0.15) is 39.7 Å². The molecule has 1 unspecified atom stereocenters. The van der Waals surface area contributed by atoms with Crippen molar-refractivity contribution in [1.82, 2.24) is 10.2 Å². The van der Waals surface area contributed by atoms with E-state index in [1.54, 1.807) is 50.4 Å². The summed E-state index contributed by atoms with van der Waals surface area (Å²) in [6.07, 6.45) is 1.40. The molecule has 0 bridgehead atoms. The molecule has 2 aromatic carbocycles. The highest BCUT2D eigenvalue weighted by Crippen LogP contribution is 2.30. The highest BCUT2D eigenvalue weighted by Gasteiger charge is 2.32. The van der Waals surface area contributed by atoms with Crippen molar-refractivity contribution in [1.29, 1.82) is 0 Å². The quantitative estimate of drug-likeness (QED) is 0.436. The number of para-hydroxylation sites is 2. The first-order valence-electron chi connectivity index (χ1n) is 11.9. The Balaban J connectivity index is 2.48. The van der Waals surface area contributed by atoms with Gasteiger partial charge in [0.1, 0.15) is 24.1 Å². The fraction of sp³-hybridized carbons (Fsp3) is 0.462. The molecule has 1 N–H and O–H groups in total. The number of amides is 2. The number of sulfonamides is 1. The van der Waals surface area contributed by atoms with Crippen LogP contribution in [0, 0.1) is 0 Å². The average molecular weight is 520 g/mol. The van der Waals surface area contributed by atoms with Crippen LogP contribution in [0.5, 0.6) is 11.5 Å². The molecule has 2 rings (SSSR count). The molecule has 9 nitrogen and oxygen atoms in total. The lowest BCUT2D eigenvalue weighted by Gasteiger charge is -2.33. The number of carbonyl (C=O) groups excluding carboxylic acids is 2. The van der Waals surface area contributed by atoms with Crippen molar-refractivity contribution in [2.45, 2.75) is 52.7 Å². The molecule has 0 radical (unpaired) electrons. The predicted molar refractivity (Wildman–Crippen MR) is 141 cm³/mol. The Morgan fingerprint density at radius 1 is 1.03 bits per heavy atom. The van der Waals surface area contributed by atoms with Crippen LogP contribution in [0.25, 0.3) is 0 Å². The van der Waals surface area contributed by atoms with Crippen LogP contribution in [-0.2, 0) is 26.2 Å². The molecule has 0 heterocycles. The molecule has 0 saturated carbocycles. The molecule has 1 atom stereocenters. The van der Waals surface area contributed by atoms with Gasteiger partial charge in [-0.05, 0) is 57.0 Å². The van der Waals surface area contributed by atoms with Gasteiger partial charge in [0.15, 0.2) is 0 Å². The Hall–Kier alpha value is -3.27. The number of methoxy groups -OCH3 is 1. The van der Waals surface area contributed by atoms with Gasteiger partial charge < -0.3 is 19.7 Å². The maximum Gasteiger partial charge on any atom is 0.244 e. The van der Waals surface area contributed by atoms with Gasteiger partial charge >= 0.3 is 0 Å². The lowest BCUT2D eigenvalue weighted by Crippen LogP contribution is -2.53. The molecule has 0 aliphatic heterocycles. The summed E-state index contributed by atoms with van der Waals surface area (Å²) in [5.41, 5.74) is 1.04. The van der Waals surface area contributed by atoms with Gasteiger partial charge in [0.25, 0.3) is 0 Å². The summed E-state index contributed by atoms with van der Waals surface area (Å²) in [4.78, 5) is 28.2. The average Bonchev–Trinajstić information content (AvgIpc) is 2.82. The Labute approximate surface area is 214 Å². The summed E-state index contributed by atoms with van der Waals surface area (Å²) < 4.78 is 37.5. The van der Waals surface area contributed by atoms with E-state index in [9.17, 15) is 18.0 Å².